The number of hydrogen-bond acceptors (Lipinski definition) is 6. The summed E-state index contributed by atoms with van der Waals surface area (Å²) in [5, 5.41) is 11.4. The van der Waals surface area contributed by atoms with Gasteiger partial charge in [-0.3, -0.25) is 10.1 Å². The number of imidazole rings is 1. The first-order valence-electron chi connectivity index (χ1n) is 9.04. The zero-order valence-electron chi connectivity index (χ0n) is 15.5. The quantitative estimate of drug-likeness (QED) is 0.470. The molecule has 1 aliphatic rings. The molecule has 9 nitrogen and oxygen atoms in total. The van der Waals surface area contributed by atoms with E-state index >= 15 is 0 Å². The van der Waals surface area contributed by atoms with Gasteiger partial charge in [0.2, 0.25) is 10.0 Å². The summed E-state index contributed by atoms with van der Waals surface area (Å²) in [6.45, 7) is 1.67. The average Bonchev–Trinajstić information content (AvgIpc) is 3.29. The van der Waals surface area contributed by atoms with Crippen molar-refractivity contribution in [3.63, 3.8) is 0 Å². The molecule has 0 aliphatic carbocycles. The van der Waals surface area contributed by atoms with E-state index in [0.717, 1.165) is 5.69 Å². The Balaban J connectivity index is 1.55. The average molecular weight is 413 g/mol. The maximum atomic E-state index is 12.8. The van der Waals surface area contributed by atoms with Crippen LogP contribution in [0.4, 0.5) is 11.4 Å². The van der Waals surface area contributed by atoms with Crippen molar-refractivity contribution in [3.05, 3.63) is 77.4 Å². The summed E-state index contributed by atoms with van der Waals surface area (Å²) >= 11 is 0. The number of aromatic nitrogens is 2. The highest BCUT2D eigenvalue weighted by Gasteiger charge is 2.29. The Labute approximate surface area is 168 Å². The first-order valence-corrected chi connectivity index (χ1v) is 10.5. The molecule has 0 N–H and O–H groups in total. The van der Waals surface area contributed by atoms with E-state index in [-0.39, 0.29) is 10.6 Å². The molecule has 0 bridgehead atoms. The first kappa shape index (κ1) is 19.1. The van der Waals surface area contributed by atoms with E-state index < -0.39 is 14.9 Å². The summed E-state index contributed by atoms with van der Waals surface area (Å²) in [4.78, 5) is 17.2. The molecule has 29 heavy (non-hydrogen) atoms. The van der Waals surface area contributed by atoms with E-state index in [1.165, 1.54) is 16.7 Å². The molecule has 150 valence electrons. The number of hydrogen-bond donors (Lipinski definition) is 0. The number of benzene rings is 2. The maximum Gasteiger partial charge on any atom is 0.293 e. The summed E-state index contributed by atoms with van der Waals surface area (Å²) in [5.74, 6) is 0. The smallest absolute Gasteiger partial charge is 0.293 e. The molecule has 0 atom stereocenters. The third-order valence-corrected chi connectivity index (χ3v) is 6.84. The molecule has 3 aromatic rings. The molecule has 0 spiro atoms. The zero-order valence-corrected chi connectivity index (χ0v) is 16.3. The van der Waals surface area contributed by atoms with Crippen molar-refractivity contribution in [2.45, 2.75) is 4.90 Å². The van der Waals surface area contributed by atoms with E-state index in [9.17, 15) is 18.5 Å². The van der Waals surface area contributed by atoms with Gasteiger partial charge in [-0.25, -0.2) is 13.4 Å². The summed E-state index contributed by atoms with van der Waals surface area (Å²) in [7, 11) is -3.52. The molecule has 0 unspecified atom stereocenters. The number of nitro groups is 1. The van der Waals surface area contributed by atoms with Gasteiger partial charge in [0.25, 0.3) is 5.69 Å². The fraction of sp³-hybridized carbons (Fsp3) is 0.211. The van der Waals surface area contributed by atoms with Gasteiger partial charge >= 0.3 is 0 Å². The van der Waals surface area contributed by atoms with Crippen LogP contribution in [-0.2, 0) is 10.0 Å². The normalized spacial score (nSPS) is 15.4. The van der Waals surface area contributed by atoms with Crippen molar-refractivity contribution in [1.29, 1.82) is 0 Å². The fourth-order valence-electron chi connectivity index (χ4n) is 3.40. The Morgan fingerprint density at radius 3 is 2.34 bits per heavy atom. The Morgan fingerprint density at radius 2 is 1.72 bits per heavy atom. The lowest BCUT2D eigenvalue weighted by molar-refractivity contribution is -0.384. The van der Waals surface area contributed by atoms with Gasteiger partial charge in [-0.05, 0) is 24.3 Å². The standard InChI is InChI=1S/C19H19N5O4S/c25-24(26)18-7-6-16(14-19(18)22-9-8-20-15-22)21-10-12-23(13-11-21)29(27,28)17-4-2-1-3-5-17/h1-9,14-15H,10-13H2. The lowest BCUT2D eigenvalue weighted by atomic mass is 10.2. The molecule has 0 amide bonds. The number of piperazine rings is 1. The number of sulfonamides is 1. The van der Waals surface area contributed by atoms with Crippen LogP contribution in [0.3, 0.4) is 0 Å². The van der Waals surface area contributed by atoms with Gasteiger partial charge < -0.3 is 9.47 Å². The van der Waals surface area contributed by atoms with Crippen LogP contribution in [0.25, 0.3) is 5.69 Å². The first-order chi connectivity index (χ1) is 14.0. The molecule has 1 fully saturated rings. The van der Waals surface area contributed by atoms with Crippen molar-refractivity contribution < 1.29 is 13.3 Å². The highest BCUT2D eigenvalue weighted by atomic mass is 32.2. The van der Waals surface area contributed by atoms with Crippen LogP contribution in [0.15, 0.2) is 72.1 Å². The van der Waals surface area contributed by atoms with Gasteiger partial charge in [0, 0.05) is 50.3 Å². The van der Waals surface area contributed by atoms with Crippen LogP contribution in [-0.4, -0.2) is 53.4 Å². The maximum absolute atomic E-state index is 12.8. The number of nitro benzene ring substituents is 1. The number of anilines is 1. The molecule has 0 saturated carbocycles. The Bertz CT molecular complexity index is 1110. The van der Waals surface area contributed by atoms with E-state index in [4.69, 9.17) is 0 Å². The summed E-state index contributed by atoms with van der Waals surface area (Å²) in [5.41, 5.74) is 1.21. The summed E-state index contributed by atoms with van der Waals surface area (Å²) in [6.07, 6.45) is 4.72. The molecule has 4 rings (SSSR count). The largest absolute Gasteiger partial charge is 0.369 e. The van der Waals surface area contributed by atoms with Crippen molar-refractivity contribution in [2.75, 3.05) is 31.1 Å². The second-order valence-corrected chi connectivity index (χ2v) is 8.54. The van der Waals surface area contributed by atoms with Crippen molar-refractivity contribution in [2.24, 2.45) is 0 Å². The van der Waals surface area contributed by atoms with E-state index in [1.807, 2.05) is 4.90 Å². The van der Waals surface area contributed by atoms with Crippen LogP contribution in [0.1, 0.15) is 0 Å². The second-order valence-electron chi connectivity index (χ2n) is 6.60. The van der Waals surface area contributed by atoms with E-state index in [0.29, 0.717) is 31.9 Å². The fourth-order valence-corrected chi connectivity index (χ4v) is 4.84. The van der Waals surface area contributed by atoms with Crippen LogP contribution in [0, 0.1) is 10.1 Å². The minimum Gasteiger partial charge on any atom is -0.369 e. The van der Waals surface area contributed by atoms with Crippen molar-refractivity contribution in [1.82, 2.24) is 13.9 Å². The minimum absolute atomic E-state index is 0.0166. The van der Waals surface area contributed by atoms with Crippen LogP contribution in [0.2, 0.25) is 0 Å². The highest BCUT2D eigenvalue weighted by molar-refractivity contribution is 7.89. The molecule has 0 radical (unpaired) electrons. The predicted molar refractivity (Wildman–Crippen MR) is 108 cm³/mol. The summed E-state index contributed by atoms with van der Waals surface area (Å²) in [6, 6.07) is 13.3. The SMILES string of the molecule is O=[N+]([O-])c1ccc(N2CCN(S(=O)(=O)c3ccccc3)CC2)cc1-n1ccnc1. The third kappa shape index (κ3) is 3.71. The van der Waals surface area contributed by atoms with Crippen LogP contribution < -0.4 is 4.90 Å². The lowest BCUT2D eigenvalue weighted by Gasteiger charge is -2.35. The van der Waals surface area contributed by atoms with Crippen LogP contribution in [0.5, 0.6) is 0 Å². The van der Waals surface area contributed by atoms with Gasteiger partial charge in [0.15, 0.2) is 0 Å². The predicted octanol–water partition coefficient (Wildman–Crippen LogP) is 2.29. The molecule has 2 aromatic carbocycles. The number of nitrogens with zero attached hydrogens (tertiary/aromatic N) is 5. The lowest BCUT2D eigenvalue weighted by Crippen LogP contribution is -2.48. The molecular weight excluding hydrogens is 394 g/mol. The monoisotopic (exact) mass is 413 g/mol. The Hall–Kier alpha value is -3.24. The van der Waals surface area contributed by atoms with Crippen LogP contribution >= 0.6 is 0 Å². The van der Waals surface area contributed by atoms with Gasteiger partial charge in [0.1, 0.15) is 5.69 Å². The van der Waals surface area contributed by atoms with E-state index in [1.54, 1.807) is 59.4 Å². The second kappa shape index (κ2) is 7.64. The third-order valence-electron chi connectivity index (χ3n) is 4.92. The summed E-state index contributed by atoms with van der Waals surface area (Å²) < 4.78 is 28.6. The topological polar surface area (TPSA) is 102 Å². The van der Waals surface area contributed by atoms with Gasteiger partial charge in [-0.15, -0.1) is 0 Å². The molecule has 2 heterocycles. The highest BCUT2D eigenvalue weighted by Crippen LogP contribution is 2.29. The van der Waals surface area contributed by atoms with E-state index in [2.05, 4.69) is 4.98 Å². The van der Waals surface area contributed by atoms with Crippen molar-refractivity contribution in [3.8, 4) is 5.69 Å². The number of rotatable bonds is 5. The Kier molecular flexibility index (Phi) is 5.03. The minimum atomic E-state index is -3.52. The van der Waals surface area contributed by atoms with Gasteiger partial charge in [-0.2, -0.15) is 4.31 Å². The molecule has 1 aliphatic heterocycles. The zero-order chi connectivity index (χ0) is 20.4. The Morgan fingerprint density at radius 1 is 1.00 bits per heavy atom. The van der Waals surface area contributed by atoms with Crippen molar-refractivity contribution >= 4 is 21.4 Å². The molecule has 1 aromatic heterocycles. The molecular formula is C19H19N5O4S. The molecule has 10 heteroatoms. The van der Waals surface area contributed by atoms with Gasteiger partial charge in [0.05, 0.1) is 16.1 Å². The van der Waals surface area contributed by atoms with Gasteiger partial charge in [-0.1, -0.05) is 18.2 Å². The molecule has 1 saturated heterocycles.